The van der Waals surface area contributed by atoms with Gasteiger partial charge in [0.05, 0.1) is 19.3 Å². The monoisotopic (exact) mass is 292 g/mol. The summed E-state index contributed by atoms with van der Waals surface area (Å²) < 4.78 is 5.49. The Morgan fingerprint density at radius 3 is 2.76 bits per heavy atom. The van der Waals surface area contributed by atoms with Gasteiger partial charge in [-0.2, -0.15) is 0 Å². The average molecular weight is 292 g/mol. The second-order valence-corrected chi connectivity index (χ2v) is 5.37. The van der Waals surface area contributed by atoms with Gasteiger partial charge in [0.25, 0.3) is 5.91 Å². The van der Waals surface area contributed by atoms with Gasteiger partial charge in [-0.05, 0) is 19.4 Å². The molecule has 0 radical (unpaired) electrons. The smallest absolute Gasteiger partial charge is 0.253 e. The molecule has 1 saturated heterocycles. The fourth-order valence-corrected chi connectivity index (χ4v) is 2.41. The normalized spacial score (nSPS) is 20.0. The molecule has 5 heteroatoms. The van der Waals surface area contributed by atoms with Crippen molar-refractivity contribution in [1.82, 2.24) is 10.2 Å². The number of likely N-dealkylation sites (N-methyl/N-ethyl adjacent to an activating group) is 1. The first-order valence-corrected chi connectivity index (χ1v) is 7.47. The van der Waals surface area contributed by atoms with Gasteiger partial charge in [0.15, 0.2) is 0 Å². The summed E-state index contributed by atoms with van der Waals surface area (Å²) in [5.41, 5.74) is 1.98. The fourth-order valence-electron chi connectivity index (χ4n) is 2.41. The second kappa shape index (κ2) is 7.54. The zero-order valence-corrected chi connectivity index (χ0v) is 12.7. The molecule has 0 spiro atoms. The summed E-state index contributed by atoms with van der Waals surface area (Å²) in [6.45, 7) is 6.63. The van der Waals surface area contributed by atoms with Gasteiger partial charge in [-0.1, -0.05) is 29.8 Å². The van der Waals surface area contributed by atoms with Gasteiger partial charge in [0.2, 0.25) is 0 Å². The van der Waals surface area contributed by atoms with Crippen molar-refractivity contribution < 1.29 is 14.6 Å². The Labute approximate surface area is 125 Å². The molecule has 2 atom stereocenters. The van der Waals surface area contributed by atoms with Crippen LogP contribution in [0.15, 0.2) is 24.3 Å². The van der Waals surface area contributed by atoms with Crippen LogP contribution in [0.1, 0.15) is 24.2 Å². The molecular weight excluding hydrogens is 268 g/mol. The number of rotatable bonds is 5. The highest BCUT2D eigenvalue weighted by Gasteiger charge is 2.27. The SMILES string of the molecule is CCN(CC(O)c1ccc(C)cc1)C(=O)C1CNCCO1. The zero-order chi connectivity index (χ0) is 15.2. The third-order valence-corrected chi connectivity index (χ3v) is 3.75. The Balaban J connectivity index is 1.97. The number of nitrogens with zero attached hydrogens (tertiary/aromatic N) is 1. The molecule has 2 N–H and O–H groups in total. The number of hydrogen-bond donors (Lipinski definition) is 2. The van der Waals surface area contributed by atoms with Gasteiger partial charge in [0.1, 0.15) is 6.10 Å². The van der Waals surface area contributed by atoms with Gasteiger partial charge in [-0.3, -0.25) is 4.79 Å². The molecule has 2 unspecified atom stereocenters. The number of carbonyl (C=O) groups excluding carboxylic acids is 1. The number of benzene rings is 1. The van der Waals surface area contributed by atoms with E-state index in [1.807, 2.05) is 38.1 Å². The summed E-state index contributed by atoms with van der Waals surface area (Å²) in [6.07, 6.45) is -1.12. The first-order chi connectivity index (χ1) is 10.1. The van der Waals surface area contributed by atoms with Crippen molar-refractivity contribution >= 4 is 5.91 Å². The molecular formula is C16H24N2O3. The maximum Gasteiger partial charge on any atom is 0.253 e. The topological polar surface area (TPSA) is 61.8 Å². The van der Waals surface area contributed by atoms with Crippen molar-refractivity contribution in [2.75, 3.05) is 32.8 Å². The minimum Gasteiger partial charge on any atom is -0.387 e. The number of ether oxygens (including phenoxy) is 1. The molecule has 1 aromatic carbocycles. The molecule has 1 amide bonds. The molecule has 1 aromatic rings. The Morgan fingerprint density at radius 2 is 2.19 bits per heavy atom. The maximum absolute atomic E-state index is 12.4. The van der Waals surface area contributed by atoms with Crippen molar-refractivity contribution in [3.05, 3.63) is 35.4 Å². The Bertz CT molecular complexity index is 455. The van der Waals surface area contributed by atoms with E-state index in [0.29, 0.717) is 19.7 Å². The molecule has 0 aliphatic carbocycles. The number of aliphatic hydroxyl groups is 1. The highest BCUT2D eigenvalue weighted by molar-refractivity contribution is 5.81. The summed E-state index contributed by atoms with van der Waals surface area (Å²) >= 11 is 0. The van der Waals surface area contributed by atoms with E-state index < -0.39 is 12.2 Å². The van der Waals surface area contributed by atoms with E-state index in [4.69, 9.17) is 4.74 Å². The average Bonchev–Trinajstić information content (AvgIpc) is 2.53. The van der Waals surface area contributed by atoms with Gasteiger partial charge in [0, 0.05) is 19.6 Å². The minimum atomic E-state index is -0.675. The van der Waals surface area contributed by atoms with Gasteiger partial charge < -0.3 is 20.1 Å². The second-order valence-electron chi connectivity index (χ2n) is 5.37. The summed E-state index contributed by atoms with van der Waals surface area (Å²) in [5.74, 6) is -0.0594. The highest BCUT2D eigenvalue weighted by Crippen LogP contribution is 2.16. The van der Waals surface area contributed by atoms with Crippen LogP contribution >= 0.6 is 0 Å². The number of nitrogens with one attached hydrogen (secondary N) is 1. The van der Waals surface area contributed by atoms with Crippen LogP contribution < -0.4 is 5.32 Å². The number of morpholine rings is 1. The van der Waals surface area contributed by atoms with Crippen LogP contribution in [0.5, 0.6) is 0 Å². The number of aliphatic hydroxyl groups excluding tert-OH is 1. The van der Waals surface area contributed by atoms with Crippen molar-refractivity contribution in [2.45, 2.75) is 26.1 Å². The summed E-state index contributed by atoms with van der Waals surface area (Å²) in [7, 11) is 0. The quantitative estimate of drug-likeness (QED) is 0.845. The van der Waals surface area contributed by atoms with E-state index in [1.54, 1.807) is 4.90 Å². The number of hydrogen-bond acceptors (Lipinski definition) is 4. The van der Waals surface area contributed by atoms with Gasteiger partial charge in [-0.25, -0.2) is 0 Å². The van der Waals surface area contributed by atoms with Crippen molar-refractivity contribution in [3.8, 4) is 0 Å². The van der Waals surface area contributed by atoms with Crippen LogP contribution in [-0.2, 0) is 9.53 Å². The minimum absolute atomic E-state index is 0.0594. The molecule has 5 nitrogen and oxygen atoms in total. The van der Waals surface area contributed by atoms with E-state index in [1.165, 1.54) is 0 Å². The molecule has 2 rings (SSSR count). The molecule has 1 aliphatic heterocycles. The Kier molecular flexibility index (Phi) is 5.73. The lowest BCUT2D eigenvalue weighted by Gasteiger charge is -2.30. The Hall–Kier alpha value is -1.43. The molecule has 1 heterocycles. The predicted molar refractivity (Wildman–Crippen MR) is 81.0 cm³/mol. The van der Waals surface area contributed by atoms with E-state index in [2.05, 4.69) is 5.32 Å². The molecule has 1 aliphatic rings. The van der Waals surface area contributed by atoms with E-state index >= 15 is 0 Å². The largest absolute Gasteiger partial charge is 0.387 e. The van der Waals surface area contributed by atoms with E-state index in [9.17, 15) is 9.90 Å². The van der Waals surface area contributed by atoms with Crippen molar-refractivity contribution in [3.63, 3.8) is 0 Å². The lowest BCUT2D eigenvalue weighted by atomic mass is 10.1. The van der Waals surface area contributed by atoms with Crippen LogP contribution in [0.3, 0.4) is 0 Å². The van der Waals surface area contributed by atoms with Crippen LogP contribution in [-0.4, -0.2) is 54.8 Å². The highest BCUT2D eigenvalue weighted by atomic mass is 16.5. The number of carbonyl (C=O) groups is 1. The van der Waals surface area contributed by atoms with Crippen LogP contribution in [0.2, 0.25) is 0 Å². The molecule has 1 fully saturated rings. The van der Waals surface area contributed by atoms with Gasteiger partial charge in [-0.15, -0.1) is 0 Å². The summed E-state index contributed by atoms with van der Waals surface area (Å²) in [6, 6.07) is 7.73. The van der Waals surface area contributed by atoms with E-state index in [-0.39, 0.29) is 12.5 Å². The lowest BCUT2D eigenvalue weighted by molar-refractivity contribution is -0.146. The molecule has 0 aromatic heterocycles. The molecule has 0 saturated carbocycles. The third-order valence-electron chi connectivity index (χ3n) is 3.75. The van der Waals surface area contributed by atoms with Crippen molar-refractivity contribution in [2.24, 2.45) is 0 Å². The van der Waals surface area contributed by atoms with Gasteiger partial charge >= 0.3 is 0 Å². The molecule has 116 valence electrons. The number of amides is 1. The van der Waals surface area contributed by atoms with Crippen molar-refractivity contribution in [1.29, 1.82) is 0 Å². The molecule has 0 bridgehead atoms. The van der Waals surface area contributed by atoms with Crippen LogP contribution in [0, 0.1) is 6.92 Å². The maximum atomic E-state index is 12.4. The standard InChI is InChI=1S/C16H24N2O3/c1-3-18(16(20)15-10-17-8-9-21-15)11-14(19)13-6-4-12(2)5-7-13/h4-7,14-15,17,19H,3,8-11H2,1-2H3. The third kappa shape index (κ3) is 4.27. The Morgan fingerprint density at radius 1 is 1.48 bits per heavy atom. The lowest BCUT2D eigenvalue weighted by Crippen LogP contribution is -2.50. The summed E-state index contributed by atoms with van der Waals surface area (Å²) in [5, 5.41) is 13.5. The predicted octanol–water partition coefficient (Wildman–Crippen LogP) is 0.865. The first-order valence-electron chi connectivity index (χ1n) is 7.47. The zero-order valence-electron chi connectivity index (χ0n) is 12.7. The number of aryl methyl sites for hydroxylation is 1. The van der Waals surface area contributed by atoms with Crippen LogP contribution in [0.25, 0.3) is 0 Å². The van der Waals surface area contributed by atoms with Crippen LogP contribution in [0.4, 0.5) is 0 Å². The fraction of sp³-hybridized carbons (Fsp3) is 0.562. The van der Waals surface area contributed by atoms with E-state index in [0.717, 1.165) is 17.7 Å². The molecule has 21 heavy (non-hydrogen) atoms. The first kappa shape index (κ1) is 15.9. The summed E-state index contributed by atoms with van der Waals surface area (Å²) in [4.78, 5) is 14.1.